The minimum Gasteiger partial charge on any atom is -0.356 e. The Kier molecular flexibility index (Phi) is 10.6. The smallest absolute Gasteiger partial charge is 0.356 e. The topological polar surface area (TPSA) is 39.7 Å². The van der Waals surface area contributed by atoms with E-state index in [1.165, 1.54) is 25.0 Å². The predicted octanol–water partition coefficient (Wildman–Crippen LogP) is 4.32. The zero-order valence-electron chi connectivity index (χ0n) is 16.9. The molecule has 1 fully saturated rings. The number of alkyl halides is 3. The lowest BCUT2D eigenvalue weighted by molar-refractivity contribution is -0.137. The maximum atomic E-state index is 12.9. The highest BCUT2D eigenvalue weighted by Crippen LogP contribution is 2.31. The molecule has 1 unspecified atom stereocenters. The molecule has 1 aliphatic heterocycles. The van der Waals surface area contributed by atoms with Gasteiger partial charge in [0.15, 0.2) is 5.96 Å². The van der Waals surface area contributed by atoms with Gasteiger partial charge < -0.3 is 15.5 Å². The molecule has 28 heavy (non-hydrogen) atoms. The first-order valence-corrected chi connectivity index (χ1v) is 9.59. The standard InChI is InChI=1S/C20H31F3N4.HI/c1-15(17-5-4-6-18(13-17)20(21,22)23)7-10-25-19(24-2)26-14-16-8-11-27(3)12-9-16;/h4-6,13,15-16H,7-12,14H2,1-3H3,(H2,24,25,26);1H. The fraction of sp³-hybridized carbons (Fsp3) is 0.650. The number of hydrogen-bond acceptors (Lipinski definition) is 2. The van der Waals surface area contributed by atoms with E-state index < -0.39 is 11.7 Å². The number of aliphatic imine (C=N–C) groups is 1. The van der Waals surface area contributed by atoms with E-state index in [2.05, 4.69) is 27.6 Å². The van der Waals surface area contributed by atoms with Gasteiger partial charge in [0.1, 0.15) is 0 Å². The van der Waals surface area contributed by atoms with Crippen LogP contribution in [0.5, 0.6) is 0 Å². The Balaban J connectivity index is 0.00000392. The molecule has 0 spiro atoms. The third kappa shape index (κ3) is 8.14. The summed E-state index contributed by atoms with van der Waals surface area (Å²) < 4.78 is 38.6. The van der Waals surface area contributed by atoms with Gasteiger partial charge in [-0.2, -0.15) is 13.2 Å². The van der Waals surface area contributed by atoms with Gasteiger partial charge in [-0.15, -0.1) is 24.0 Å². The largest absolute Gasteiger partial charge is 0.416 e. The predicted molar refractivity (Wildman–Crippen MR) is 119 cm³/mol. The molecule has 0 bridgehead atoms. The van der Waals surface area contributed by atoms with Crippen LogP contribution in [0.1, 0.15) is 43.2 Å². The summed E-state index contributed by atoms with van der Waals surface area (Å²) in [6, 6.07) is 5.60. The highest BCUT2D eigenvalue weighted by atomic mass is 127. The molecule has 4 nitrogen and oxygen atoms in total. The van der Waals surface area contributed by atoms with Crippen LogP contribution in [-0.2, 0) is 6.18 Å². The molecule has 1 heterocycles. The lowest BCUT2D eigenvalue weighted by atomic mass is 9.96. The maximum Gasteiger partial charge on any atom is 0.416 e. The van der Waals surface area contributed by atoms with Gasteiger partial charge in [0.05, 0.1) is 5.56 Å². The van der Waals surface area contributed by atoms with Crippen LogP contribution in [-0.4, -0.2) is 51.1 Å². The van der Waals surface area contributed by atoms with Gasteiger partial charge in [0, 0.05) is 20.1 Å². The van der Waals surface area contributed by atoms with Crippen LogP contribution in [0.15, 0.2) is 29.3 Å². The third-order valence-electron chi connectivity index (χ3n) is 5.27. The van der Waals surface area contributed by atoms with Gasteiger partial charge in [-0.05, 0) is 62.9 Å². The lowest BCUT2D eigenvalue weighted by Gasteiger charge is -2.29. The first kappa shape index (κ1) is 25.0. The number of likely N-dealkylation sites (tertiary alicyclic amines) is 1. The average Bonchev–Trinajstić information content (AvgIpc) is 2.65. The monoisotopic (exact) mass is 512 g/mol. The van der Waals surface area contributed by atoms with Gasteiger partial charge >= 0.3 is 6.18 Å². The van der Waals surface area contributed by atoms with E-state index in [0.29, 0.717) is 18.0 Å². The number of hydrogen-bond donors (Lipinski definition) is 2. The summed E-state index contributed by atoms with van der Waals surface area (Å²) in [7, 11) is 3.88. The minimum absolute atomic E-state index is 0. The van der Waals surface area contributed by atoms with E-state index in [1.54, 1.807) is 13.1 Å². The Morgan fingerprint density at radius 1 is 1.25 bits per heavy atom. The van der Waals surface area contributed by atoms with E-state index in [0.717, 1.165) is 38.1 Å². The van der Waals surface area contributed by atoms with Crippen LogP contribution in [0.2, 0.25) is 0 Å². The molecule has 1 aliphatic rings. The van der Waals surface area contributed by atoms with Crippen molar-refractivity contribution in [2.24, 2.45) is 10.9 Å². The van der Waals surface area contributed by atoms with E-state index in [9.17, 15) is 13.2 Å². The van der Waals surface area contributed by atoms with Gasteiger partial charge in [-0.3, -0.25) is 4.99 Å². The number of halogens is 4. The number of guanidine groups is 1. The molecular formula is C20H32F3IN4. The summed E-state index contributed by atoms with van der Waals surface area (Å²) in [6.07, 6.45) is -1.19. The molecule has 2 rings (SSSR count). The van der Waals surface area contributed by atoms with Crippen LogP contribution >= 0.6 is 24.0 Å². The molecule has 1 aromatic rings. The van der Waals surface area contributed by atoms with Crippen molar-refractivity contribution in [3.05, 3.63) is 35.4 Å². The number of benzene rings is 1. The minimum atomic E-state index is -4.30. The van der Waals surface area contributed by atoms with E-state index in [4.69, 9.17) is 0 Å². The Morgan fingerprint density at radius 3 is 2.54 bits per heavy atom. The van der Waals surface area contributed by atoms with Gasteiger partial charge in [0.25, 0.3) is 0 Å². The lowest BCUT2D eigenvalue weighted by Crippen LogP contribution is -2.42. The van der Waals surface area contributed by atoms with Crippen molar-refractivity contribution in [3.8, 4) is 0 Å². The molecule has 1 aromatic carbocycles. The molecule has 0 aromatic heterocycles. The summed E-state index contributed by atoms with van der Waals surface area (Å²) in [4.78, 5) is 6.58. The molecular weight excluding hydrogens is 480 g/mol. The summed E-state index contributed by atoms with van der Waals surface area (Å²) >= 11 is 0. The molecule has 160 valence electrons. The highest BCUT2D eigenvalue weighted by Gasteiger charge is 2.30. The SMILES string of the molecule is CN=C(NCCC(C)c1cccc(C(F)(F)F)c1)NCC1CCN(C)CC1.I. The van der Waals surface area contributed by atoms with Crippen LogP contribution in [0, 0.1) is 5.92 Å². The number of piperidine rings is 1. The first-order chi connectivity index (χ1) is 12.8. The summed E-state index contributed by atoms with van der Waals surface area (Å²) in [5, 5.41) is 6.64. The van der Waals surface area contributed by atoms with E-state index in [1.807, 2.05) is 6.92 Å². The van der Waals surface area contributed by atoms with Gasteiger partial charge in [-0.1, -0.05) is 25.1 Å². The van der Waals surface area contributed by atoms with Crippen LogP contribution in [0.25, 0.3) is 0 Å². The van der Waals surface area contributed by atoms with Crippen molar-refractivity contribution < 1.29 is 13.2 Å². The molecule has 1 atom stereocenters. The second-order valence-corrected chi connectivity index (χ2v) is 7.44. The Hall–Kier alpha value is -1.03. The fourth-order valence-electron chi connectivity index (χ4n) is 3.32. The second kappa shape index (κ2) is 11.8. The molecule has 0 saturated carbocycles. The average molecular weight is 512 g/mol. The summed E-state index contributed by atoms with van der Waals surface area (Å²) in [5.74, 6) is 1.45. The molecule has 2 N–H and O–H groups in total. The van der Waals surface area contributed by atoms with Crippen molar-refractivity contribution in [2.75, 3.05) is 40.3 Å². The summed E-state index contributed by atoms with van der Waals surface area (Å²) in [5.41, 5.74) is 0.122. The number of rotatable bonds is 6. The van der Waals surface area contributed by atoms with Crippen LogP contribution in [0.4, 0.5) is 13.2 Å². The summed E-state index contributed by atoms with van der Waals surface area (Å²) in [6.45, 7) is 5.77. The quantitative estimate of drug-likeness (QED) is 0.339. The molecule has 8 heteroatoms. The van der Waals surface area contributed by atoms with Crippen LogP contribution < -0.4 is 10.6 Å². The van der Waals surface area contributed by atoms with E-state index in [-0.39, 0.29) is 29.9 Å². The van der Waals surface area contributed by atoms with Crippen molar-refractivity contribution in [2.45, 2.75) is 38.3 Å². The van der Waals surface area contributed by atoms with E-state index >= 15 is 0 Å². The van der Waals surface area contributed by atoms with Gasteiger partial charge in [0.2, 0.25) is 0 Å². The molecule has 0 aliphatic carbocycles. The molecule has 0 amide bonds. The first-order valence-electron chi connectivity index (χ1n) is 9.59. The highest BCUT2D eigenvalue weighted by molar-refractivity contribution is 14.0. The second-order valence-electron chi connectivity index (χ2n) is 7.44. The number of nitrogens with one attached hydrogen (secondary N) is 2. The maximum absolute atomic E-state index is 12.9. The van der Waals surface area contributed by atoms with Crippen molar-refractivity contribution in [1.82, 2.24) is 15.5 Å². The van der Waals surface area contributed by atoms with Crippen molar-refractivity contribution in [1.29, 1.82) is 0 Å². The normalized spacial score (nSPS) is 17.7. The Morgan fingerprint density at radius 2 is 1.93 bits per heavy atom. The molecule has 0 radical (unpaired) electrons. The number of nitrogens with zero attached hydrogens (tertiary/aromatic N) is 2. The fourth-order valence-corrected chi connectivity index (χ4v) is 3.32. The van der Waals surface area contributed by atoms with Crippen LogP contribution in [0.3, 0.4) is 0 Å². The van der Waals surface area contributed by atoms with Crippen molar-refractivity contribution >= 4 is 29.9 Å². The molecule has 1 saturated heterocycles. The van der Waals surface area contributed by atoms with Gasteiger partial charge in [-0.25, -0.2) is 0 Å². The van der Waals surface area contributed by atoms with Crippen molar-refractivity contribution in [3.63, 3.8) is 0 Å². The third-order valence-corrected chi connectivity index (χ3v) is 5.27. The Bertz CT molecular complexity index is 614. The zero-order valence-corrected chi connectivity index (χ0v) is 19.2. The Labute approximate surface area is 183 Å². The zero-order chi connectivity index (χ0) is 19.9.